The minimum absolute atomic E-state index is 0.0114. The molecule has 0 saturated heterocycles. The van der Waals surface area contributed by atoms with E-state index in [1.807, 2.05) is 19.9 Å². The predicted molar refractivity (Wildman–Crippen MR) is 114 cm³/mol. The second-order valence-corrected chi connectivity index (χ2v) is 9.16. The Labute approximate surface area is 174 Å². The highest BCUT2D eigenvalue weighted by Crippen LogP contribution is 2.58. The van der Waals surface area contributed by atoms with Crippen molar-refractivity contribution in [2.75, 3.05) is 13.6 Å². The summed E-state index contributed by atoms with van der Waals surface area (Å²) in [4.78, 5) is 30.4. The van der Waals surface area contributed by atoms with Crippen LogP contribution in [0.5, 0.6) is 0 Å². The van der Waals surface area contributed by atoms with Crippen molar-refractivity contribution in [1.82, 2.24) is 19.9 Å². The first-order valence-electron chi connectivity index (χ1n) is 9.78. The molecule has 0 N–H and O–H groups in total. The third kappa shape index (κ3) is 2.82. The largest absolute Gasteiger partial charge is 0.377 e. The van der Waals surface area contributed by atoms with Crippen molar-refractivity contribution in [3.05, 3.63) is 70.6 Å². The fourth-order valence-corrected chi connectivity index (χ4v) is 5.38. The molecule has 5 rings (SSSR count). The SMILES string of the molecule is CC1=C(c2nc(-c3ncccn3)sc2C)C(=O)C2CC2(c2ccccc2)CN1C. The molecule has 2 aromatic heterocycles. The van der Waals surface area contributed by atoms with Gasteiger partial charge in [0.15, 0.2) is 16.6 Å². The molecule has 1 fully saturated rings. The summed E-state index contributed by atoms with van der Waals surface area (Å²) < 4.78 is 0. The lowest BCUT2D eigenvalue weighted by atomic mass is 9.90. The van der Waals surface area contributed by atoms with E-state index in [1.165, 1.54) is 5.56 Å². The highest BCUT2D eigenvalue weighted by atomic mass is 32.1. The number of carbonyl (C=O) groups excluding carboxylic acids is 1. The van der Waals surface area contributed by atoms with E-state index in [0.717, 1.165) is 39.8 Å². The topological polar surface area (TPSA) is 59.0 Å². The second-order valence-electron chi connectivity index (χ2n) is 7.96. The number of fused-ring (bicyclic) bond motifs is 1. The van der Waals surface area contributed by atoms with Gasteiger partial charge in [-0.25, -0.2) is 15.0 Å². The molecule has 3 aromatic rings. The Morgan fingerprint density at radius 3 is 2.55 bits per heavy atom. The van der Waals surface area contributed by atoms with Crippen molar-refractivity contribution >= 4 is 22.7 Å². The van der Waals surface area contributed by atoms with E-state index in [4.69, 9.17) is 4.98 Å². The van der Waals surface area contributed by atoms with E-state index in [0.29, 0.717) is 5.82 Å². The number of ketones is 1. The van der Waals surface area contributed by atoms with Gasteiger partial charge in [0, 0.05) is 47.9 Å². The number of nitrogens with zero attached hydrogens (tertiary/aromatic N) is 4. The number of aromatic nitrogens is 3. The molecule has 2 aliphatic rings. The van der Waals surface area contributed by atoms with Crippen LogP contribution in [0.1, 0.15) is 29.5 Å². The summed E-state index contributed by atoms with van der Waals surface area (Å²) in [6.07, 6.45) is 4.33. The molecule has 1 aliphatic carbocycles. The summed E-state index contributed by atoms with van der Waals surface area (Å²) in [7, 11) is 2.08. The van der Waals surface area contributed by atoms with Gasteiger partial charge >= 0.3 is 0 Å². The molecule has 1 saturated carbocycles. The van der Waals surface area contributed by atoms with Crippen LogP contribution in [0.4, 0.5) is 0 Å². The van der Waals surface area contributed by atoms with Crippen LogP contribution in [0, 0.1) is 12.8 Å². The average molecular weight is 403 g/mol. The van der Waals surface area contributed by atoms with Crippen LogP contribution in [0.3, 0.4) is 0 Å². The average Bonchev–Trinajstić information content (AvgIpc) is 3.37. The van der Waals surface area contributed by atoms with E-state index in [1.54, 1.807) is 29.8 Å². The van der Waals surface area contributed by atoms with Crippen molar-refractivity contribution in [2.45, 2.75) is 25.7 Å². The van der Waals surface area contributed by atoms with Crippen molar-refractivity contribution in [3.8, 4) is 10.8 Å². The molecule has 1 aromatic carbocycles. The van der Waals surface area contributed by atoms with Gasteiger partial charge in [0.05, 0.1) is 11.3 Å². The molecule has 0 spiro atoms. The van der Waals surface area contributed by atoms with E-state index in [-0.39, 0.29) is 17.1 Å². The second kappa shape index (κ2) is 6.59. The minimum Gasteiger partial charge on any atom is -0.377 e. The highest BCUT2D eigenvalue weighted by molar-refractivity contribution is 7.15. The molecule has 29 heavy (non-hydrogen) atoms. The summed E-state index contributed by atoms with van der Waals surface area (Å²) in [6.45, 7) is 4.91. The lowest BCUT2D eigenvalue weighted by Gasteiger charge is -2.26. The Morgan fingerprint density at radius 2 is 1.83 bits per heavy atom. The van der Waals surface area contributed by atoms with Crippen LogP contribution in [0.2, 0.25) is 0 Å². The number of rotatable bonds is 3. The molecular weight excluding hydrogens is 380 g/mol. The van der Waals surface area contributed by atoms with E-state index in [9.17, 15) is 4.79 Å². The van der Waals surface area contributed by atoms with Gasteiger partial charge in [-0.1, -0.05) is 30.3 Å². The summed E-state index contributed by atoms with van der Waals surface area (Å²) in [5.41, 5.74) is 3.69. The smallest absolute Gasteiger partial charge is 0.188 e. The number of benzene rings is 1. The summed E-state index contributed by atoms with van der Waals surface area (Å²) in [5, 5.41) is 0.753. The van der Waals surface area contributed by atoms with Crippen molar-refractivity contribution < 1.29 is 4.79 Å². The number of likely N-dealkylation sites (N-methyl/N-ethyl adjacent to an activating group) is 1. The molecule has 146 valence electrons. The van der Waals surface area contributed by atoms with E-state index in [2.05, 4.69) is 46.2 Å². The molecular formula is C23H22N4OS. The third-order valence-corrected chi connectivity index (χ3v) is 7.20. The number of thiazole rings is 1. The maximum absolute atomic E-state index is 13.7. The quantitative estimate of drug-likeness (QED) is 0.660. The van der Waals surface area contributed by atoms with Crippen molar-refractivity contribution in [2.24, 2.45) is 5.92 Å². The van der Waals surface area contributed by atoms with Gasteiger partial charge in [0.1, 0.15) is 0 Å². The maximum Gasteiger partial charge on any atom is 0.188 e. The molecule has 0 amide bonds. The monoisotopic (exact) mass is 402 g/mol. The lowest BCUT2D eigenvalue weighted by molar-refractivity contribution is -0.115. The Kier molecular flexibility index (Phi) is 4.13. The molecule has 6 heteroatoms. The normalized spacial score (nSPS) is 23.8. The number of hydrogen-bond donors (Lipinski definition) is 0. The van der Waals surface area contributed by atoms with Crippen LogP contribution in [0.15, 0.2) is 54.5 Å². The fourth-order valence-electron chi connectivity index (χ4n) is 4.51. The maximum atomic E-state index is 13.7. The number of Topliss-reactive ketones (excluding diaryl/α,β-unsaturated/α-hetero) is 1. The molecule has 5 nitrogen and oxygen atoms in total. The lowest BCUT2D eigenvalue weighted by Crippen LogP contribution is -2.28. The first-order chi connectivity index (χ1) is 14.0. The summed E-state index contributed by atoms with van der Waals surface area (Å²) in [5.74, 6) is 0.826. The zero-order valence-corrected chi connectivity index (χ0v) is 17.5. The van der Waals surface area contributed by atoms with E-state index < -0.39 is 0 Å². The molecule has 0 bridgehead atoms. The van der Waals surface area contributed by atoms with Crippen molar-refractivity contribution in [3.63, 3.8) is 0 Å². The van der Waals surface area contributed by atoms with Crippen molar-refractivity contribution in [1.29, 1.82) is 0 Å². The third-order valence-electron chi connectivity index (χ3n) is 6.23. The molecule has 0 radical (unpaired) electrons. The van der Waals surface area contributed by atoms with Crippen LogP contribution in [0.25, 0.3) is 16.4 Å². The van der Waals surface area contributed by atoms with E-state index >= 15 is 0 Å². The summed E-state index contributed by atoms with van der Waals surface area (Å²) in [6, 6.07) is 12.2. The Bertz CT molecular complexity index is 1120. The molecule has 2 atom stereocenters. The van der Waals surface area contributed by atoms with Gasteiger partial charge < -0.3 is 4.90 Å². The van der Waals surface area contributed by atoms with Crippen LogP contribution >= 0.6 is 11.3 Å². The Morgan fingerprint density at radius 1 is 1.10 bits per heavy atom. The predicted octanol–water partition coefficient (Wildman–Crippen LogP) is 4.11. The van der Waals surface area contributed by atoms with Crippen LogP contribution < -0.4 is 0 Å². The van der Waals surface area contributed by atoms with Gasteiger partial charge in [-0.05, 0) is 31.9 Å². The first-order valence-corrected chi connectivity index (χ1v) is 10.6. The molecule has 1 aliphatic heterocycles. The number of carbonyl (C=O) groups is 1. The van der Waals surface area contributed by atoms with Crippen LogP contribution in [-0.2, 0) is 10.2 Å². The van der Waals surface area contributed by atoms with Gasteiger partial charge in [-0.2, -0.15) is 0 Å². The number of hydrogen-bond acceptors (Lipinski definition) is 6. The summed E-state index contributed by atoms with van der Waals surface area (Å²) >= 11 is 1.54. The van der Waals surface area contributed by atoms with Gasteiger partial charge in [0.2, 0.25) is 0 Å². The van der Waals surface area contributed by atoms with Gasteiger partial charge in [-0.3, -0.25) is 4.79 Å². The zero-order valence-electron chi connectivity index (χ0n) is 16.7. The highest BCUT2D eigenvalue weighted by Gasteiger charge is 2.61. The number of aryl methyl sites for hydroxylation is 1. The molecule has 2 unspecified atom stereocenters. The van der Waals surface area contributed by atoms with Crippen LogP contribution in [-0.4, -0.2) is 39.2 Å². The molecule has 3 heterocycles. The fraction of sp³-hybridized carbons (Fsp3) is 0.304. The standard InChI is InChI=1S/C23H22N4OS/c1-14-18(19-15(2)29-22(26-19)21-24-10-7-11-25-21)20(28)17-12-23(17,13-27(14)3)16-8-5-4-6-9-16/h4-11,17H,12-13H2,1-3H3. The minimum atomic E-state index is -0.0919. The zero-order chi connectivity index (χ0) is 20.2. The number of allylic oxidation sites excluding steroid dienone is 2. The Hall–Kier alpha value is -2.86. The first kappa shape index (κ1) is 18.2. The Balaban J connectivity index is 1.57. The van der Waals surface area contributed by atoms with Gasteiger partial charge in [0.25, 0.3) is 0 Å². The van der Waals surface area contributed by atoms with Gasteiger partial charge in [-0.15, -0.1) is 11.3 Å².